The molecule has 5 nitrogen and oxygen atoms in total. The maximum atomic E-state index is 12.6. The fourth-order valence-corrected chi connectivity index (χ4v) is 3.97. The molecule has 1 saturated heterocycles. The van der Waals surface area contributed by atoms with Gasteiger partial charge in [0.2, 0.25) is 0 Å². The summed E-state index contributed by atoms with van der Waals surface area (Å²) < 4.78 is 5.58. The van der Waals surface area contributed by atoms with Crippen LogP contribution in [0.15, 0.2) is 48.7 Å². The van der Waals surface area contributed by atoms with E-state index < -0.39 is 5.60 Å². The molecule has 1 atom stereocenters. The van der Waals surface area contributed by atoms with Crippen molar-refractivity contribution in [3.8, 4) is 0 Å². The van der Waals surface area contributed by atoms with Crippen LogP contribution >= 0.6 is 0 Å². The molecule has 0 saturated carbocycles. The standard InChI is InChI=1S/C25H35N3O2/c1-5-16-28(24(29)30-25(2,3)4)23-15-14-21(18-26-23)22-13-9-10-17-27(22)19-20-11-7-6-8-12-20/h6-8,11-12,14-15,18,22H,5,9-10,13,16-17,19H2,1-4H3/t22-/m0/s1. The molecule has 1 aliphatic rings. The highest BCUT2D eigenvalue weighted by molar-refractivity contribution is 5.86. The van der Waals surface area contributed by atoms with Gasteiger partial charge in [-0.25, -0.2) is 9.78 Å². The molecule has 0 radical (unpaired) electrons. The minimum absolute atomic E-state index is 0.340. The van der Waals surface area contributed by atoms with Crippen LogP contribution in [0.5, 0.6) is 0 Å². The van der Waals surface area contributed by atoms with E-state index in [9.17, 15) is 4.79 Å². The number of anilines is 1. The Hall–Kier alpha value is -2.40. The van der Waals surface area contributed by atoms with Crippen LogP contribution in [0.25, 0.3) is 0 Å². The summed E-state index contributed by atoms with van der Waals surface area (Å²) in [6.07, 6.45) is 6.05. The van der Waals surface area contributed by atoms with E-state index in [4.69, 9.17) is 4.74 Å². The molecule has 5 heteroatoms. The van der Waals surface area contributed by atoms with Gasteiger partial charge in [-0.05, 0) is 63.8 Å². The van der Waals surface area contributed by atoms with Crippen molar-refractivity contribution in [1.82, 2.24) is 9.88 Å². The molecule has 0 bridgehead atoms. The molecule has 0 unspecified atom stereocenters. The summed E-state index contributed by atoms with van der Waals surface area (Å²) in [7, 11) is 0. The summed E-state index contributed by atoms with van der Waals surface area (Å²) in [6, 6.07) is 15.1. The largest absolute Gasteiger partial charge is 0.443 e. The first-order valence-corrected chi connectivity index (χ1v) is 11.1. The molecular formula is C25H35N3O2. The molecule has 30 heavy (non-hydrogen) atoms. The number of benzene rings is 1. The fraction of sp³-hybridized carbons (Fsp3) is 0.520. The molecule has 162 valence electrons. The maximum Gasteiger partial charge on any atom is 0.416 e. The molecule has 1 fully saturated rings. The van der Waals surface area contributed by atoms with Gasteiger partial charge in [-0.1, -0.05) is 49.7 Å². The number of hydrogen-bond donors (Lipinski definition) is 0. The number of piperidine rings is 1. The quantitative estimate of drug-likeness (QED) is 0.590. The number of amides is 1. The summed E-state index contributed by atoms with van der Waals surface area (Å²) in [5, 5.41) is 0. The summed E-state index contributed by atoms with van der Waals surface area (Å²) in [4.78, 5) is 21.5. The molecule has 0 spiro atoms. The zero-order valence-electron chi connectivity index (χ0n) is 18.8. The van der Waals surface area contributed by atoms with Gasteiger partial charge in [-0.15, -0.1) is 0 Å². The van der Waals surface area contributed by atoms with Gasteiger partial charge in [0.1, 0.15) is 11.4 Å². The molecule has 2 aromatic rings. The molecule has 1 aromatic heterocycles. The van der Waals surface area contributed by atoms with E-state index in [0.29, 0.717) is 18.4 Å². The lowest BCUT2D eigenvalue weighted by Crippen LogP contribution is -2.38. The number of pyridine rings is 1. The van der Waals surface area contributed by atoms with Crippen molar-refractivity contribution in [2.24, 2.45) is 0 Å². The normalized spacial score (nSPS) is 17.5. The Morgan fingerprint density at radius 3 is 2.57 bits per heavy atom. The third-order valence-electron chi connectivity index (χ3n) is 5.34. The first-order chi connectivity index (χ1) is 14.4. The lowest BCUT2D eigenvalue weighted by Gasteiger charge is -2.36. The van der Waals surface area contributed by atoms with Crippen LogP contribution in [0.3, 0.4) is 0 Å². The van der Waals surface area contributed by atoms with Crippen molar-refractivity contribution in [1.29, 1.82) is 0 Å². The monoisotopic (exact) mass is 409 g/mol. The van der Waals surface area contributed by atoms with Crippen LogP contribution in [0.1, 0.15) is 70.5 Å². The van der Waals surface area contributed by atoms with Crippen LogP contribution in [0.4, 0.5) is 10.6 Å². The number of aromatic nitrogens is 1. The summed E-state index contributed by atoms with van der Waals surface area (Å²) in [5.41, 5.74) is 2.03. The predicted octanol–water partition coefficient (Wildman–Crippen LogP) is 5.96. The topological polar surface area (TPSA) is 45.7 Å². The summed E-state index contributed by atoms with van der Waals surface area (Å²) >= 11 is 0. The minimum atomic E-state index is -0.525. The van der Waals surface area contributed by atoms with E-state index in [-0.39, 0.29) is 6.09 Å². The van der Waals surface area contributed by atoms with Gasteiger partial charge in [-0.2, -0.15) is 0 Å². The highest BCUT2D eigenvalue weighted by atomic mass is 16.6. The average molecular weight is 410 g/mol. The van der Waals surface area contributed by atoms with Crippen molar-refractivity contribution < 1.29 is 9.53 Å². The van der Waals surface area contributed by atoms with E-state index in [2.05, 4.69) is 53.2 Å². The number of ether oxygens (including phenoxy) is 1. The third-order valence-corrected chi connectivity index (χ3v) is 5.34. The number of rotatable bonds is 6. The Morgan fingerprint density at radius 1 is 1.17 bits per heavy atom. The number of carbonyl (C=O) groups excluding carboxylic acids is 1. The second kappa shape index (κ2) is 10.1. The fourth-order valence-electron chi connectivity index (χ4n) is 3.97. The molecule has 0 N–H and O–H groups in total. The highest BCUT2D eigenvalue weighted by Crippen LogP contribution is 2.32. The van der Waals surface area contributed by atoms with E-state index >= 15 is 0 Å². The second-order valence-electron chi connectivity index (χ2n) is 9.05. The predicted molar refractivity (Wildman–Crippen MR) is 122 cm³/mol. The van der Waals surface area contributed by atoms with Crippen molar-refractivity contribution in [3.05, 3.63) is 59.8 Å². The zero-order valence-corrected chi connectivity index (χ0v) is 18.8. The van der Waals surface area contributed by atoms with E-state index in [0.717, 1.165) is 25.9 Å². The molecule has 3 rings (SSSR count). The van der Waals surface area contributed by atoms with Crippen LogP contribution in [-0.2, 0) is 11.3 Å². The van der Waals surface area contributed by atoms with Gasteiger partial charge in [0.25, 0.3) is 0 Å². The maximum absolute atomic E-state index is 12.6. The van der Waals surface area contributed by atoms with Crippen LogP contribution in [-0.4, -0.2) is 34.7 Å². The SMILES string of the molecule is CCCN(C(=O)OC(C)(C)C)c1ccc([C@@H]2CCCCN2Cc2ccccc2)cn1. The van der Waals surface area contributed by atoms with Crippen LogP contribution < -0.4 is 4.90 Å². The zero-order chi connectivity index (χ0) is 21.6. The summed E-state index contributed by atoms with van der Waals surface area (Å²) in [6.45, 7) is 10.3. The lowest BCUT2D eigenvalue weighted by molar-refractivity contribution is 0.0579. The first-order valence-electron chi connectivity index (χ1n) is 11.1. The Kier molecular flexibility index (Phi) is 7.48. The number of hydrogen-bond acceptors (Lipinski definition) is 4. The van der Waals surface area contributed by atoms with E-state index in [1.165, 1.54) is 24.0 Å². The number of carbonyl (C=O) groups is 1. The molecule has 2 heterocycles. The average Bonchev–Trinajstić information content (AvgIpc) is 2.72. The molecule has 1 amide bonds. The first kappa shape index (κ1) is 22.3. The van der Waals surface area contributed by atoms with Crippen molar-refractivity contribution in [2.75, 3.05) is 18.0 Å². The third kappa shape index (κ3) is 6.05. The second-order valence-corrected chi connectivity index (χ2v) is 9.05. The van der Waals surface area contributed by atoms with Gasteiger partial charge in [0.15, 0.2) is 0 Å². The van der Waals surface area contributed by atoms with Gasteiger partial charge in [-0.3, -0.25) is 9.80 Å². The van der Waals surface area contributed by atoms with Crippen molar-refractivity contribution in [3.63, 3.8) is 0 Å². The smallest absolute Gasteiger partial charge is 0.416 e. The number of likely N-dealkylation sites (tertiary alicyclic amines) is 1. The van der Waals surface area contributed by atoms with Crippen molar-refractivity contribution >= 4 is 11.9 Å². The Bertz CT molecular complexity index is 799. The molecule has 1 aromatic carbocycles. The molecule has 1 aliphatic heterocycles. The van der Waals surface area contributed by atoms with Crippen LogP contribution in [0.2, 0.25) is 0 Å². The Labute approximate surface area is 181 Å². The van der Waals surface area contributed by atoms with Gasteiger partial charge in [0.05, 0.1) is 0 Å². The minimum Gasteiger partial charge on any atom is -0.443 e. The van der Waals surface area contributed by atoms with Crippen LogP contribution in [0, 0.1) is 0 Å². The van der Waals surface area contributed by atoms with Gasteiger partial charge >= 0.3 is 6.09 Å². The van der Waals surface area contributed by atoms with E-state index in [1.54, 1.807) is 4.90 Å². The van der Waals surface area contributed by atoms with Gasteiger partial charge in [0, 0.05) is 25.3 Å². The number of nitrogens with zero attached hydrogens (tertiary/aromatic N) is 3. The summed E-state index contributed by atoms with van der Waals surface area (Å²) in [5.74, 6) is 0.653. The molecular weight excluding hydrogens is 374 g/mol. The Balaban J connectivity index is 1.75. The lowest BCUT2D eigenvalue weighted by atomic mass is 9.95. The van der Waals surface area contributed by atoms with Gasteiger partial charge < -0.3 is 4.74 Å². The van der Waals surface area contributed by atoms with Crippen molar-refractivity contribution in [2.45, 2.75) is 71.6 Å². The highest BCUT2D eigenvalue weighted by Gasteiger charge is 2.26. The van der Waals surface area contributed by atoms with E-state index in [1.807, 2.05) is 33.0 Å². The molecule has 0 aliphatic carbocycles. The Morgan fingerprint density at radius 2 is 1.93 bits per heavy atom.